The molecule has 0 radical (unpaired) electrons. The van der Waals surface area contributed by atoms with Gasteiger partial charge < -0.3 is 0 Å². The van der Waals surface area contributed by atoms with Crippen molar-refractivity contribution in [2.75, 3.05) is 0 Å². The number of carbonyl (C=O) groups is 1. The molecule has 1 heteroatoms. The zero-order valence-electron chi connectivity index (χ0n) is 9.09. The van der Waals surface area contributed by atoms with Crippen LogP contribution in [-0.4, -0.2) is 5.78 Å². The molecule has 2 atom stereocenters. The van der Waals surface area contributed by atoms with Crippen LogP contribution in [0.3, 0.4) is 0 Å². The molecule has 0 aromatic rings. The highest BCUT2D eigenvalue weighted by Crippen LogP contribution is 2.34. The second kappa shape index (κ2) is 4.29. The van der Waals surface area contributed by atoms with Crippen molar-refractivity contribution in [3.05, 3.63) is 11.6 Å². The van der Waals surface area contributed by atoms with E-state index in [0.29, 0.717) is 11.7 Å². The fourth-order valence-corrected chi connectivity index (χ4v) is 2.86. The lowest BCUT2D eigenvalue weighted by Crippen LogP contribution is -2.21. The van der Waals surface area contributed by atoms with E-state index >= 15 is 0 Å². The van der Waals surface area contributed by atoms with Crippen molar-refractivity contribution in [3.8, 4) is 0 Å². The standard InChI is InChI=1S/C13H20O/c1-10-5-4-7-11(10)9-12-6-2-3-8-13(12)14/h5,11-12H,2-4,6-9H2,1H3. The molecule has 1 saturated carbocycles. The van der Waals surface area contributed by atoms with Gasteiger partial charge in [0.15, 0.2) is 0 Å². The number of allylic oxidation sites excluding steroid dienone is 2. The molecule has 78 valence electrons. The average molecular weight is 192 g/mol. The summed E-state index contributed by atoms with van der Waals surface area (Å²) in [5.74, 6) is 1.66. The zero-order valence-corrected chi connectivity index (χ0v) is 9.09. The number of rotatable bonds is 2. The minimum atomic E-state index is 0.398. The van der Waals surface area contributed by atoms with E-state index in [9.17, 15) is 4.79 Å². The monoisotopic (exact) mass is 192 g/mol. The van der Waals surface area contributed by atoms with Crippen molar-refractivity contribution in [2.24, 2.45) is 11.8 Å². The molecule has 0 aromatic carbocycles. The number of Topliss-reactive ketones (excluding diaryl/α,β-unsaturated/α-hetero) is 1. The minimum Gasteiger partial charge on any atom is -0.299 e. The first-order valence-electron chi connectivity index (χ1n) is 5.96. The highest BCUT2D eigenvalue weighted by atomic mass is 16.1. The SMILES string of the molecule is CC1=CCCC1CC1CCCCC1=O. The molecular formula is C13H20O. The van der Waals surface area contributed by atoms with Crippen LogP contribution >= 0.6 is 0 Å². The number of carbonyl (C=O) groups excluding carboxylic acids is 1. The Bertz CT molecular complexity index is 252. The van der Waals surface area contributed by atoms with Gasteiger partial charge in [0.25, 0.3) is 0 Å². The van der Waals surface area contributed by atoms with Gasteiger partial charge in [0.1, 0.15) is 5.78 Å². The molecule has 2 rings (SSSR count). The van der Waals surface area contributed by atoms with Crippen LogP contribution < -0.4 is 0 Å². The third-order valence-corrected chi connectivity index (χ3v) is 3.88. The predicted molar refractivity (Wildman–Crippen MR) is 58.1 cm³/mol. The second-order valence-corrected chi connectivity index (χ2v) is 4.87. The van der Waals surface area contributed by atoms with Crippen LogP contribution in [0.25, 0.3) is 0 Å². The summed E-state index contributed by atoms with van der Waals surface area (Å²) in [6.07, 6.45) is 10.4. The van der Waals surface area contributed by atoms with Crippen LogP contribution in [0.4, 0.5) is 0 Å². The molecular weight excluding hydrogens is 172 g/mol. The van der Waals surface area contributed by atoms with Crippen molar-refractivity contribution < 1.29 is 4.79 Å². The maximum absolute atomic E-state index is 11.7. The highest BCUT2D eigenvalue weighted by Gasteiger charge is 2.27. The van der Waals surface area contributed by atoms with E-state index in [1.54, 1.807) is 0 Å². The Hall–Kier alpha value is -0.590. The molecule has 0 aromatic heterocycles. The van der Waals surface area contributed by atoms with Gasteiger partial charge in [-0.2, -0.15) is 0 Å². The largest absolute Gasteiger partial charge is 0.299 e. The minimum absolute atomic E-state index is 0.398. The van der Waals surface area contributed by atoms with Crippen LogP contribution in [0.2, 0.25) is 0 Å². The summed E-state index contributed by atoms with van der Waals surface area (Å²) in [6.45, 7) is 2.23. The molecule has 1 fully saturated rings. The quantitative estimate of drug-likeness (QED) is 0.612. The first-order chi connectivity index (χ1) is 6.77. The molecule has 0 saturated heterocycles. The molecule has 2 aliphatic rings. The molecule has 0 N–H and O–H groups in total. The predicted octanol–water partition coefficient (Wildman–Crippen LogP) is 3.49. The summed E-state index contributed by atoms with van der Waals surface area (Å²) < 4.78 is 0. The van der Waals surface area contributed by atoms with Gasteiger partial charge in [0, 0.05) is 12.3 Å². The molecule has 2 aliphatic carbocycles. The van der Waals surface area contributed by atoms with Crippen LogP contribution in [0.5, 0.6) is 0 Å². The lowest BCUT2D eigenvalue weighted by molar-refractivity contribution is -0.125. The molecule has 14 heavy (non-hydrogen) atoms. The van der Waals surface area contributed by atoms with Gasteiger partial charge in [0.05, 0.1) is 0 Å². The Kier molecular flexibility index (Phi) is 3.05. The average Bonchev–Trinajstić information content (AvgIpc) is 2.56. The lowest BCUT2D eigenvalue weighted by Gasteiger charge is -2.24. The summed E-state index contributed by atoms with van der Waals surface area (Å²) in [5.41, 5.74) is 1.53. The Balaban J connectivity index is 1.90. The molecule has 0 heterocycles. The number of hydrogen-bond acceptors (Lipinski definition) is 1. The van der Waals surface area contributed by atoms with Crippen molar-refractivity contribution in [2.45, 2.75) is 51.9 Å². The maximum Gasteiger partial charge on any atom is 0.135 e. The van der Waals surface area contributed by atoms with Gasteiger partial charge in [-0.25, -0.2) is 0 Å². The van der Waals surface area contributed by atoms with Gasteiger partial charge in [-0.3, -0.25) is 4.79 Å². The van der Waals surface area contributed by atoms with E-state index in [0.717, 1.165) is 31.6 Å². The second-order valence-electron chi connectivity index (χ2n) is 4.87. The Morgan fingerprint density at radius 1 is 1.29 bits per heavy atom. The van der Waals surface area contributed by atoms with Gasteiger partial charge in [-0.1, -0.05) is 18.1 Å². The summed E-state index contributed by atoms with van der Waals surface area (Å²) in [5, 5.41) is 0. The van der Waals surface area contributed by atoms with Crippen molar-refractivity contribution >= 4 is 5.78 Å². The van der Waals surface area contributed by atoms with E-state index < -0.39 is 0 Å². The Labute approximate surface area is 86.6 Å². The summed E-state index contributed by atoms with van der Waals surface area (Å²) in [7, 11) is 0. The zero-order chi connectivity index (χ0) is 9.97. The maximum atomic E-state index is 11.7. The van der Waals surface area contributed by atoms with E-state index in [-0.39, 0.29) is 0 Å². The first-order valence-corrected chi connectivity index (χ1v) is 5.96. The summed E-state index contributed by atoms with van der Waals surface area (Å²) in [6, 6.07) is 0. The van der Waals surface area contributed by atoms with Crippen LogP contribution in [-0.2, 0) is 4.79 Å². The summed E-state index contributed by atoms with van der Waals surface area (Å²) in [4.78, 5) is 11.7. The normalized spacial score (nSPS) is 33.2. The molecule has 2 unspecified atom stereocenters. The van der Waals surface area contributed by atoms with Crippen LogP contribution in [0.15, 0.2) is 11.6 Å². The van der Waals surface area contributed by atoms with E-state index in [2.05, 4.69) is 13.0 Å². The third-order valence-electron chi connectivity index (χ3n) is 3.88. The van der Waals surface area contributed by atoms with Gasteiger partial charge in [-0.15, -0.1) is 0 Å². The number of hydrogen-bond donors (Lipinski definition) is 0. The van der Waals surface area contributed by atoms with Crippen molar-refractivity contribution in [1.82, 2.24) is 0 Å². The fourth-order valence-electron chi connectivity index (χ4n) is 2.86. The first kappa shape index (κ1) is 9.95. The Morgan fingerprint density at radius 3 is 2.79 bits per heavy atom. The molecule has 0 aliphatic heterocycles. The van der Waals surface area contributed by atoms with Crippen LogP contribution in [0, 0.1) is 11.8 Å². The van der Waals surface area contributed by atoms with E-state index in [1.807, 2.05) is 0 Å². The topological polar surface area (TPSA) is 17.1 Å². The van der Waals surface area contributed by atoms with Gasteiger partial charge >= 0.3 is 0 Å². The Morgan fingerprint density at radius 2 is 2.14 bits per heavy atom. The smallest absolute Gasteiger partial charge is 0.135 e. The van der Waals surface area contributed by atoms with Gasteiger partial charge in [0.2, 0.25) is 0 Å². The molecule has 0 spiro atoms. The van der Waals surface area contributed by atoms with Gasteiger partial charge in [-0.05, 0) is 44.9 Å². The molecule has 0 bridgehead atoms. The fraction of sp³-hybridized carbons (Fsp3) is 0.769. The van der Waals surface area contributed by atoms with E-state index in [4.69, 9.17) is 0 Å². The van der Waals surface area contributed by atoms with E-state index in [1.165, 1.54) is 24.8 Å². The molecule has 1 nitrogen and oxygen atoms in total. The lowest BCUT2D eigenvalue weighted by atomic mass is 9.80. The summed E-state index contributed by atoms with van der Waals surface area (Å²) >= 11 is 0. The van der Waals surface area contributed by atoms with Crippen LogP contribution in [0.1, 0.15) is 51.9 Å². The highest BCUT2D eigenvalue weighted by molar-refractivity contribution is 5.81. The van der Waals surface area contributed by atoms with Crippen molar-refractivity contribution in [3.63, 3.8) is 0 Å². The number of ketones is 1. The van der Waals surface area contributed by atoms with Crippen molar-refractivity contribution in [1.29, 1.82) is 0 Å². The third kappa shape index (κ3) is 2.08. The molecule has 0 amide bonds.